The van der Waals surface area contributed by atoms with E-state index in [0.29, 0.717) is 17.9 Å². The number of hydrogen-bond acceptors (Lipinski definition) is 5. The van der Waals surface area contributed by atoms with Gasteiger partial charge in [-0.05, 0) is 49.2 Å². The molecular weight excluding hydrogens is 378 g/mol. The largest absolute Gasteiger partial charge is 0.497 e. The summed E-state index contributed by atoms with van der Waals surface area (Å²) >= 11 is 0. The zero-order valence-electron chi connectivity index (χ0n) is 16.6. The van der Waals surface area contributed by atoms with E-state index < -0.39 is 0 Å². The van der Waals surface area contributed by atoms with Gasteiger partial charge in [0.15, 0.2) is 5.82 Å². The van der Waals surface area contributed by atoms with Crippen LogP contribution in [0, 0.1) is 0 Å². The Balaban J connectivity index is 1.45. The van der Waals surface area contributed by atoms with Crippen molar-refractivity contribution in [2.75, 3.05) is 13.7 Å². The lowest BCUT2D eigenvalue weighted by atomic mass is 10.1. The minimum absolute atomic E-state index is 0.00976. The Labute approximate surface area is 173 Å². The first-order chi connectivity index (χ1) is 14.7. The van der Waals surface area contributed by atoms with Crippen molar-refractivity contribution in [1.82, 2.24) is 24.8 Å². The minimum Gasteiger partial charge on any atom is -0.497 e. The molecule has 3 heterocycles. The lowest BCUT2D eigenvalue weighted by Crippen LogP contribution is -2.31. The van der Waals surface area contributed by atoms with Crippen molar-refractivity contribution in [1.29, 1.82) is 0 Å². The Bertz CT molecular complexity index is 1220. The van der Waals surface area contributed by atoms with Crippen LogP contribution in [0.15, 0.2) is 61.1 Å². The smallest absolute Gasteiger partial charge is 0.254 e. The minimum atomic E-state index is -0.0673. The number of ether oxygens (including phenoxy) is 1. The van der Waals surface area contributed by atoms with E-state index in [2.05, 4.69) is 15.0 Å². The molecule has 0 aliphatic carbocycles. The van der Waals surface area contributed by atoms with Gasteiger partial charge >= 0.3 is 0 Å². The molecule has 1 fully saturated rings. The quantitative estimate of drug-likeness (QED) is 0.561. The van der Waals surface area contributed by atoms with Gasteiger partial charge in [-0.2, -0.15) is 0 Å². The number of likely N-dealkylation sites (tertiary alicyclic amines) is 1. The number of H-pyrrole nitrogens is 1. The molecule has 7 nitrogen and oxygen atoms in total. The average Bonchev–Trinajstić information content (AvgIpc) is 3.48. The van der Waals surface area contributed by atoms with Crippen LogP contribution in [0.4, 0.5) is 0 Å². The molecule has 0 spiro atoms. The van der Waals surface area contributed by atoms with E-state index in [1.54, 1.807) is 19.6 Å². The average molecular weight is 399 g/mol. The van der Waals surface area contributed by atoms with E-state index in [9.17, 15) is 4.79 Å². The number of methoxy groups -OCH3 is 1. The number of hydrogen-bond donors (Lipinski definition) is 1. The van der Waals surface area contributed by atoms with Crippen LogP contribution in [0.25, 0.3) is 22.4 Å². The molecule has 5 rings (SSSR count). The van der Waals surface area contributed by atoms with Crippen LogP contribution in [0.1, 0.15) is 34.9 Å². The molecule has 1 N–H and O–H groups in total. The number of carbonyl (C=O) groups excluding carboxylic acids is 1. The fourth-order valence-corrected chi connectivity index (χ4v) is 4.01. The van der Waals surface area contributed by atoms with Crippen LogP contribution in [0.5, 0.6) is 5.75 Å². The summed E-state index contributed by atoms with van der Waals surface area (Å²) < 4.78 is 5.31. The van der Waals surface area contributed by atoms with Gasteiger partial charge in [-0.15, -0.1) is 0 Å². The van der Waals surface area contributed by atoms with Crippen molar-refractivity contribution in [2.24, 2.45) is 0 Å². The zero-order chi connectivity index (χ0) is 20.5. The van der Waals surface area contributed by atoms with Crippen molar-refractivity contribution in [2.45, 2.75) is 18.9 Å². The molecule has 30 heavy (non-hydrogen) atoms. The fourth-order valence-electron chi connectivity index (χ4n) is 4.01. The second kappa shape index (κ2) is 7.59. The van der Waals surface area contributed by atoms with Crippen LogP contribution in [-0.4, -0.2) is 44.4 Å². The summed E-state index contributed by atoms with van der Waals surface area (Å²) in [6.07, 6.45) is 5.22. The molecule has 1 aliphatic heterocycles. The number of nitrogens with one attached hydrogen (secondary N) is 1. The standard InChI is InChI=1S/C23H21N5O2/c1-30-17-5-2-4-15(12-17)22-24-10-9-19(27-22)21-6-3-11-28(21)23(29)16-7-8-18-20(13-16)26-14-25-18/h2,4-5,7-10,12-14,21H,3,6,11H2,1H3,(H,25,26)/t21-/m0/s1. The van der Waals surface area contributed by atoms with E-state index in [1.165, 1.54) is 0 Å². The Hall–Kier alpha value is -3.74. The molecule has 1 saturated heterocycles. The number of carbonyl (C=O) groups is 1. The molecule has 1 atom stereocenters. The van der Waals surface area contributed by atoms with Gasteiger partial charge in [0.2, 0.25) is 0 Å². The normalized spacial score (nSPS) is 16.2. The van der Waals surface area contributed by atoms with E-state index in [0.717, 1.165) is 40.9 Å². The van der Waals surface area contributed by atoms with Gasteiger partial charge in [-0.25, -0.2) is 15.0 Å². The molecule has 2 aromatic heterocycles. The van der Waals surface area contributed by atoms with E-state index >= 15 is 0 Å². The lowest BCUT2D eigenvalue weighted by molar-refractivity contribution is 0.0733. The topological polar surface area (TPSA) is 84.0 Å². The van der Waals surface area contributed by atoms with Crippen molar-refractivity contribution in [3.05, 3.63) is 72.3 Å². The van der Waals surface area contributed by atoms with Gasteiger partial charge in [0.05, 0.1) is 36.2 Å². The monoisotopic (exact) mass is 399 g/mol. The maximum atomic E-state index is 13.3. The second-order valence-corrected chi connectivity index (χ2v) is 7.33. The van der Waals surface area contributed by atoms with Crippen molar-refractivity contribution < 1.29 is 9.53 Å². The number of rotatable bonds is 4. The number of aromatic nitrogens is 4. The van der Waals surface area contributed by atoms with Crippen LogP contribution in [0.3, 0.4) is 0 Å². The number of amides is 1. The maximum absolute atomic E-state index is 13.3. The van der Waals surface area contributed by atoms with Crippen LogP contribution >= 0.6 is 0 Å². The second-order valence-electron chi connectivity index (χ2n) is 7.33. The highest BCUT2D eigenvalue weighted by Gasteiger charge is 2.32. The number of imidazole rings is 1. The summed E-state index contributed by atoms with van der Waals surface area (Å²) in [5.41, 5.74) is 4.11. The van der Waals surface area contributed by atoms with Gasteiger partial charge in [-0.1, -0.05) is 12.1 Å². The SMILES string of the molecule is COc1cccc(-c2nccc([C@@H]3CCCN3C(=O)c3ccc4nc[nH]c4c3)n2)c1. The molecule has 0 radical (unpaired) electrons. The molecule has 7 heteroatoms. The van der Waals surface area contributed by atoms with Gasteiger partial charge in [0, 0.05) is 23.9 Å². The molecule has 0 bridgehead atoms. The summed E-state index contributed by atoms with van der Waals surface area (Å²) in [6, 6.07) is 15.1. The highest BCUT2D eigenvalue weighted by molar-refractivity contribution is 5.97. The van der Waals surface area contributed by atoms with Crippen LogP contribution in [-0.2, 0) is 0 Å². The first-order valence-corrected chi connectivity index (χ1v) is 9.94. The van der Waals surface area contributed by atoms with Crippen LogP contribution in [0.2, 0.25) is 0 Å². The van der Waals surface area contributed by atoms with Crippen molar-refractivity contribution in [3.63, 3.8) is 0 Å². The Morgan fingerprint density at radius 3 is 3.00 bits per heavy atom. The van der Waals surface area contributed by atoms with Crippen molar-refractivity contribution >= 4 is 16.9 Å². The molecule has 0 saturated carbocycles. The third kappa shape index (κ3) is 3.28. The number of nitrogens with zero attached hydrogens (tertiary/aromatic N) is 4. The molecular formula is C23H21N5O2. The summed E-state index contributed by atoms with van der Waals surface area (Å²) in [5.74, 6) is 1.40. The third-order valence-corrected chi connectivity index (χ3v) is 5.53. The van der Waals surface area contributed by atoms with Gasteiger partial charge in [0.25, 0.3) is 5.91 Å². The number of fused-ring (bicyclic) bond motifs is 1. The zero-order valence-corrected chi connectivity index (χ0v) is 16.6. The fraction of sp³-hybridized carbons (Fsp3) is 0.217. The van der Waals surface area contributed by atoms with Gasteiger partial charge in [0.1, 0.15) is 5.75 Å². The van der Waals surface area contributed by atoms with E-state index in [4.69, 9.17) is 9.72 Å². The predicted octanol–water partition coefficient (Wildman–Crippen LogP) is 4.01. The van der Waals surface area contributed by atoms with E-state index in [1.807, 2.05) is 53.4 Å². The summed E-state index contributed by atoms with van der Waals surface area (Å²) in [7, 11) is 1.64. The summed E-state index contributed by atoms with van der Waals surface area (Å²) in [5, 5.41) is 0. The molecule has 2 aromatic carbocycles. The highest BCUT2D eigenvalue weighted by Crippen LogP contribution is 2.33. The summed E-state index contributed by atoms with van der Waals surface area (Å²) in [4.78, 5) is 31.7. The lowest BCUT2D eigenvalue weighted by Gasteiger charge is -2.24. The first-order valence-electron chi connectivity index (χ1n) is 9.94. The Morgan fingerprint density at radius 2 is 2.10 bits per heavy atom. The highest BCUT2D eigenvalue weighted by atomic mass is 16.5. The Kier molecular flexibility index (Phi) is 4.63. The first kappa shape index (κ1) is 18.3. The summed E-state index contributed by atoms with van der Waals surface area (Å²) in [6.45, 7) is 0.711. The third-order valence-electron chi connectivity index (χ3n) is 5.53. The number of benzene rings is 2. The van der Waals surface area contributed by atoms with Gasteiger partial charge < -0.3 is 14.6 Å². The maximum Gasteiger partial charge on any atom is 0.254 e. The van der Waals surface area contributed by atoms with Crippen molar-refractivity contribution in [3.8, 4) is 17.1 Å². The van der Waals surface area contributed by atoms with Gasteiger partial charge in [-0.3, -0.25) is 4.79 Å². The van der Waals surface area contributed by atoms with Crippen LogP contribution < -0.4 is 4.74 Å². The molecule has 4 aromatic rings. The Morgan fingerprint density at radius 1 is 1.17 bits per heavy atom. The molecule has 0 unspecified atom stereocenters. The molecule has 1 amide bonds. The van der Waals surface area contributed by atoms with E-state index in [-0.39, 0.29) is 11.9 Å². The number of aromatic amines is 1. The molecule has 150 valence electrons. The molecule has 1 aliphatic rings. The predicted molar refractivity (Wildman–Crippen MR) is 113 cm³/mol.